The lowest BCUT2D eigenvalue weighted by molar-refractivity contribution is -0.134. The van der Waals surface area contributed by atoms with Crippen molar-refractivity contribution in [2.45, 2.75) is 37.9 Å². The zero-order valence-electron chi connectivity index (χ0n) is 19.5. The van der Waals surface area contributed by atoms with Gasteiger partial charge in [0.05, 0.1) is 18.5 Å². The predicted octanol–water partition coefficient (Wildman–Crippen LogP) is 4.63. The van der Waals surface area contributed by atoms with Crippen molar-refractivity contribution in [1.82, 2.24) is 15.2 Å². The first-order valence-corrected chi connectivity index (χ1v) is 12.1. The van der Waals surface area contributed by atoms with Crippen LogP contribution < -0.4 is 5.32 Å². The third-order valence-corrected chi connectivity index (χ3v) is 6.45. The summed E-state index contributed by atoms with van der Waals surface area (Å²) < 4.78 is 5.63. The van der Waals surface area contributed by atoms with Gasteiger partial charge in [-0.25, -0.2) is 5.01 Å². The average molecular weight is 491 g/mol. The first-order chi connectivity index (χ1) is 17.0. The zero-order valence-corrected chi connectivity index (χ0v) is 20.2. The Bertz CT molecular complexity index is 1220. The molecule has 2 aliphatic rings. The number of nitrogens with one attached hydrogen (secondary N) is 1. The Morgan fingerprint density at radius 2 is 1.86 bits per heavy atom. The quantitative estimate of drug-likeness (QED) is 0.499. The summed E-state index contributed by atoms with van der Waals surface area (Å²) in [4.78, 5) is 27.4. The fourth-order valence-corrected chi connectivity index (χ4v) is 4.31. The van der Waals surface area contributed by atoms with E-state index in [-0.39, 0.29) is 24.4 Å². The third kappa shape index (κ3) is 5.63. The van der Waals surface area contributed by atoms with Gasteiger partial charge in [0.25, 0.3) is 11.8 Å². The smallest absolute Gasteiger partial charge is 0.257 e. The Balaban J connectivity index is 1.25. The molecule has 0 saturated heterocycles. The van der Waals surface area contributed by atoms with Crippen LogP contribution in [0.25, 0.3) is 0 Å². The highest BCUT2D eigenvalue weighted by Crippen LogP contribution is 2.33. The summed E-state index contributed by atoms with van der Waals surface area (Å²) in [6.45, 7) is 0.766. The molecule has 1 saturated carbocycles. The van der Waals surface area contributed by atoms with Crippen LogP contribution >= 0.6 is 11.6 Å². The van der Waals surface area contributed by atoms with Crippen molar-refractivity contribution in [3.63, 3.8) is 0 Å². The summed E-state index contributed by atoms with van der Waals surface area (Å²) in [5.74, 6) is 0.557. The number of furan rings is 1. The number of hydrazone groups is 1. The maximum Gasteiger partial charge on any atom is 0.257 e. The number of hydrogen-bond acceptors (Lipinski definition) is 5. The van der Waals surface area contributed by atoms with E-state index in [9.17, 15) is 9.59 Å². The van der Waals surface area contributed by atoms with Crippen molar-refractivity contribution in [1.29, 1.82) is 0 Å². The Kier molecular flexibility index (Phi) is 6.70. The first-order valence-electron chi connectivity index (χ1n) is 11.7. The predicted molar refractivity (Wildman–Crippen MR) is 134 cm³/mol. The van der Waals surface area contributed by atoms with E-state index in [1.54, 1.807) is 6.26 Å². The highest BCUT2D eigenvalue weighted by molar-refractivity contribution is 6.30. The number of benzene rings is 2. The minimum Gasteiger partial charge on any atom is -0.467 e. The summed E-state index contributed by atoms with van der Waals surface area (Å²) in [7, 11) is 1.90. The lowest BCUT2D eigenvalue weighted by Crippen LogP contribution is -2.36. The van der Waals surface area contributed by atoms with E-state index in [0.717, 1.165) is 29.7 Å². The molecule has 1 N–H and O–H groups in total. The lowest BCUT2D eigenvalue weighted by Gasteiger charge is -2.23. The van der Waals surface area contributed by atoms with E-state index in [1.165, 1.54) is 5.01 Å². The topological polar surface area (TPSA) is 78.2 Å². The molecular weight excluding hydrogens is 464 g/mol. The van der Waals surface area contributed by atoms with Gasteiger partial charge in [-0.05, 0) is 67.4 Å². The van der Waals surface area contributed by atoms with Gasteiger partial charge in [0, 0.05) is 29.6 Å². The molecule has 1 aromatic heterocycles. The van der Waals surface area contributed by atoms with E-state index in [1.807, 2.05) is 72.6 Å². The lowest BCUT2D eigenvalue weighted by atomic mass is 10.0. The van der Waals surface area contributed by atoms with Crippen LogP contribution in [-0.2, 0) is 11.3 Å². The molecule has 35 heavy (non-hydrogen) atoms. The van der Waals surface area contributed by atoms with Gasteiger partial charge in [0.2, 0.25) is 0 Å². The normalized spacial score (nSPS) is 17.5. The van der Waals surface area contributed by atoms with E-state index in [4.69, 9.17) is 16.0 Å². The fraction of sp³-hybridized carbons (Fsp3) is 0.296. The van der Waals surface area contributed by atoms with Crippen LogP contribution in [-0.4, -0.2) is 47.1 Å². The van der Waals surface area contributed by atoms with Gasteiger partial charge in [-0.2, -0.15) is 5.10 Å². The van der Waals surface area contributed by atoms with Crippen LogP contribution in [0.4, 0.5) is 0 Å². The van der Waals surface area contributed by atoms with Gasteiger partial charge in [-0.3, -0.25) is 14.5 Å². The number of halogens is 1. The van der Waals surface area contributed by atoms with Crippen molar-refractivity contribution in [3.05, 3.63) is 94.4 Å². The molecule has 1 fully saturated rings. The number of rotatable bonds is 8. The molecule has 0 bridgehead atoms. The fourth-order valence-electron chi connectivity index (χ4n) is 4.19. The van der Waals surface area contributed by atoms with Crippen LogP contribution in [0.5, 0.6) is 0 Å². The van der Waals surface area contributed by atoms with Crippen molar-refractivity contribution < 1.29 is 14.0 Å². The van der Waals surface area contributed by atoms with Gasteiger partial charge < -0.3 is 9.73 Å². The van der Waals surface area contributed by atoms with Crippen LogP contribution in [0, 0.1) is 0 Å². The van der Waals surface area contributed by atoms with Gasteiger partial charge >= 0.3 is 0 Å². The van der Waals surface area contributed by atoms with Gasteiger partial charge in [0.15, 0.2) is 0 Å². The Labute approximate surface area is 209 Å². The SMILES string of the molecule is CN(CC(=O)N1N=C(c2ccc(Cl)cc2)CC1c1ccco1)Cc1ccc(C(=O)NC2CC2)cc1. The van der Waals surface area contributed by atoms with Crippen molar-refractivity contribution in [3.8, 4) is 0 Å². The van der Waals surface area contributed by atoms with Crippen LogP contribution in [0.3, 0.4) is 0 Å². The Morgan fingerprint density at radius 1 is 1.11 bits per heavy atom. The third-order valence-electron chi connectivity index (χ3n) is 6.20. The molecule has 0 spiro atoms. The monoisotopic (exact) mass is 490 g/mol. The van der Waals surface area contributed by atoms with Crippen LogP contribution in [0.2, 0.25) is 5.02 Å². The first kappa shape index (κ1) is 23.3. The Morgan fingerprint density at radius 3 is 2.51 bits per heavy atom. The molecule has 1 aliphatic carbocycles. The van der Waals surface area contributed by atoms with Gasteiger partial charge in [-0.15, -0.1) is 0 Å². The highest BCUT2D eigenvalue weighted by atomic mass is 35.5. The van der Waals surface area contributed by atoms with Crippen LogP contribution in [0.15, 0.2) is 76.4 Å². The Hall–Kier alpha value is -3.42. The largest absolute Gasteiger partial charge is 0.467 e. The molecule has 2 heterocycles. The number of likely N-dealkylation sites (N-methyl/N-ethyl adjacent to an activating group) is 1. The summed E-state index contributed by atoms with van der Waals surface area (Å²) in [6, 6.07) is 18.7. The zero-order chi connectivity index (χ0) is 24.4. The van der Waals surface area contributed by atoms with Gasteiger partial charge in [-0.1, -0.05) is 35.9 Å². The molecule has 1 atom stereocenters. The number of hydrogen-bond donors (Lipinski definition) is 1. The molecule has 8 heteroatoms. The number of carbonyl (C=O) groups excluding carboxylic acids is 2. The number of nitrogens with zero attached hydrogens (tertiary/aromatic N) is 3. The molecule has 5 rings (SSSR count). The highest BCUT2D eigenvalue weighted by Gasteiger charge is 2.35. The molecule has 2 amide bonds. The van der Waals surface area contributed by atoms with E-state index in [0.29, 0.717) is 35.4 Å². The summed E-state index contributed by atoms with van der Waals surface area (Å²) in [5.41, 5.74) is 3.43. The van der Waals surface area contributed by atoms with Crippen molar-refractivity contribution >= 4 is 29.1 Å². The van der Waals surface area contributed by atoms with Crippen LogP contribution in [0.1, 0.15) is 52.5 Å². The van der Waals surface area contributed by atoms with E-state index >= 15 is 0 Å². The number of carbonyl (C=O) groups is 2. The van der Waals surface area contributed by atoms with Crippen molar-refractivity contribution in [2.24, 2.45) is 5.10 Å². The molecular formula is C27H27ClN4O3. The second-order valence-electron chi connectivity index (χ2n) is 9.14. The minimum atomic E-state index is -0.291. The summed E-state index contributed by atoms with van der Waals surface area (Å²) in [6.07, 6.45) is 4.30. The molecule has 2 aromatic carbocycles. The molecule has 1 unspecified atom stereocenters. The van der Waals surface area contributed by atoms with E-state index < -0.39 is 0 Å². The molecule has 1 aliphatic heterocycles. The van der Waals surface area contributed by atoms with Crippen molar-refractivity contribution in [2.75, 3.05) is 13.6 Å². The standard InChI is InChI=1S/C27H27ClN4O3/c1-31(16-18-4-6-20(7-5-18)27(34)29-22-12-13-22)17-26(33)32-24(25-3-2-14-35-25)15-23(30-32)19-8-10-21(28)11-9-19/h2-11,14,22,24H,12-13,15-17H2,1H3,(H,29,34). The summed E-state index contributed by atoms with van der Waals surface area (Å²) in [5, 5.41) is 9.85. The maximum atomic E-state index is 13.3. The molecule has 180 valence electrons. The molecule has 0 radical (unpaired) electrons. The van der Waals surface area contributed by atoms with E-state index in [2.05, 4.69) is 10.4 Å². The summed E-state index contributed by atoms with van der Waals surface area (Å²) >= 11 is 6.03. The molecule has 3 aromatic rings. The molecule has 7 nitrogen and oxygen atoms in total. The number of amides is 2. The second-order valence-corrected chi connectivity index (χ2v) is 9.58. The second kappa shape index (κ2) is 10.1. The maximum absolute atomic E-state index is 13.3. The minimum absolute atomic E-state index is 0.0325. The van der Waals surface area contributed by atoms with Gasteiger partial charge in [0.1, 0.15) is 11.8 Å². The average Bonchev–Trinajstić information content (AvgIpc) is 3.31.